The molecule has 1 aromatic rings. The molecule has 0 aliphatic heterocycles. The highest BCUT2D eigenvalue weighted by Crippen LogP contribution is 2.42. The normalized spacial score (nSPS) is 19.6. The van der Waals surface area contributed by atoms with E-state index in [0.717, 1.165) is 0 Å². The molecular formula is C15H20O. The molecule has 0 fully saturated rings. The van der Waals surface area contributed by atoms with Crippen LogP contribution in [0.2, 0.25) is 0 Å². The van der Waals surface area contributed by atoms with Crippen LogP contribution in [0.3, 0.4) is 0 Å². The van der Waals surface area contributed by atoms with Gasteiger partial charge in [-0.1, -0.05) is 45.0 Å². The van der Waals surface area contributed by atoms with E-state index in [-0.39, 0.29) is 11.5 Å². The highest BCUT2D eigenvalue weighted by Gasteiger charge is 2.29. The Morgan fingerprint density at radius 2 is 1.88 bits per heavy atom. The summed E-state index contributed by atoms with van der Waals surface area (Å²) in [6.07, 6.45) is 2.38. The van der Waals surface area contributed by atoms with Crippen LogP contribution < -0.4 is 0 Å². The molecule has 1 atom stereocenters. The summed E-state index contributed by atoms with van der Waals surface area (Å²) in [7, 11) is 1.79. The largest absolute Gasteiger partial charge is 0.372 e. The number of methoxy groups -OCH3 is 1. The second-order valence-corrected chi connectivity index (χ2v) is 5.56. The molecule has 16 heavy (non-hydrogen) atoms. The maximum atomic E-state index is 5.62. The fourth-order valence-electron chi connectivity index (χ4n) is 2.51. The molecule has 0 heterocycles. The summed E-state index contributed by atoms with van der Waals surface area (Å²) < 4.78 is 5.62. The summed E-state index contributed by atoms with van der Waals surface area (Å²) in [5.41, 5.74) is 5.53. The second kappa shape index (κ2) is 3.74. The Balaban J connectivity index is 2.60. The first-order valence-electron chi connectivity index (χ1n) is 5.79. The van der Waals surface area contributed by atoms with Crippen LogP contribution in [0.15, 0.2) is 23.8 Å². The summed E-state index contributed by atoms with van der Waals surface area (Å²) in [5, 5.41) is 0. The molecule has 0 saturated heterocycles. The van der Waals surface area contributed by atoms with Gasteiger partial charge in [-0.3, -0.25) is 0 Å². The molecule has 1 aliphatic rings. The molecule has 0 N–H and O–H groups in total. The van der Waals surface area contributed by atoms with Crippen molar-refractivity contribution >= 4 is 6.08 Å². The van der Waals surface area contributed by atoms with Crippen molar-refractivity contribution in [2.45, 2.75) is 39.2 Å². The number of ether oxygens (including phenoxy) is 1. The standard InChI is InChI=1S/C15H20O/c1-10-9-11-7-6-8-12(15(2,3)4)13(11)14(10)16-5/h6-9,14H,1-5H3. The Bertz CT molecular complexity index is 435. The molecule has 1 aliphatic carbocycles. The number of fused-ring (bicyclic) bond motifs is 1. The molecule has 0 spiro atoms. The first-order chi connectivity index (χ1) is 7.45. The zero-order chi connectivity index (χ0) is 11.9. The quantitative estimate of drug-likeness (QED) is 0.687. The van der Waals surface area contributed by atoms with Crippen molar-refractivity contribution < 1.29 is 4.74 Å². The van der Waals surface area contributed by atoms with E-state index in [0.29, 0.717) is 0 Å². The lowest BCUT2D eigenvalue weighted by Gasteiger charge is -2.26. The maximum absolute atomic E-state index is 5.62. The van der Waals surface area contributed by atoms with E-state index in [1.54, 1.807) is 7.11 Å². The van der Waals surface area contributed by atoms with Crippen molar-refractivity contribution in [3.8, 4) is 0 Å². The van der Waals surface area contributed by atoms with Gasteiger partial charge in [0.2, 0.25) is 0 Å². The molecule has 86 valence electrons. The van der Waals surface area contributed by atoms with Gasteiger partial charge in [-0.15, -0.1) is 0 Å². The number of hydrogen-bond acceptors (Lipinski definition) is 1. The highest BCUT2D eigenvalue weighted by atomic mass is 16.5. The molecule has 0 bridgehead atoms. The van der Waals surface area contributed by atoms with Gasteiger partial charge in [0, 0.05) is 7.11 Å². The lowest BCUT2D eigenvalue weighted by molar-refractivity contribution is 0.134. The number of hydrogen-bond donors (Lipinski definition) is 0. The average molecular weight is 216 g/mol. The fourth-order valence-corrected chi connectivity index (χ4v) is 2.51. The molecular weight excluding hydrogens is 196 g/mol. The van der Waals surface area contributed by atoms with E-state index in [1.165, 1.54) is 22.3 Å². The smallest absolute Gasteiger partial charge is 0.104 e. The monoisotopic (exact) mass is 216 g/mol. The molecule has 1 unspecified atom stereocenters. The SMILES string of the molecule is COC1C(C)=Cc2cccc(C(C)(C)C)c21. The third-order valence-corrected chi connectivity index (χ3v) is 3.24. The van der Waals surface area contributed by atoms with Crippen LogP contribution in [0.1, 0.15) is 50.5 Å². The van der Waals surface area contributed by atoms with Crippen molar-refractivity contribution in [3.05, 3.63) is 40.5 Å². The highest BCUT2D eigenvalue weighted by molar-refractivity contribution is 5.67. The Labute approximate surface area is 98.1 Å². The predicted octanol–water partition coefficient (Wildman–Crippen LogP) is 4.09. The van der Waals surface area contributed by atoms with Crippen molar-refractivity contribution in [2.24, 2.45) is 0 Å². The minimum absolute atomic E-state index is 0.144. The Kier molecular flexibility index (Phi) is 2.67. The topological polar surface area (TPSA) is 9.23 Å². The van der Waals surface area contributed by atoms with E-state index in [9.17, 15) is 0 Å². The first kappa shape index (κ1) is 11.4. The molecule has 0 amide bonds. The second-order valence-electron chi connectivity index (χ2n) is 5.56. The molecule has 1 heteroatoms. The predicted molar refractivity (Wildman–Crippen MR) is 68.5 cm³/mol. The molecule has 1 nitrogen and oxygen atoms in total. The van der Waals surface area contributed by atoms with Gasteiger partial charge in [0.1, 0.15) is 6.10 Å². The van der Waals surface area contributed by atoms with Crippen molar-refractivity contribution in [3.63, 3.8) is 0 Å². The summed E-state index contributed by atoms with van der Waals surface area (Å²) >= 11 is 0. The molecule has 1 aromatic carbocycles. The Hall–Kier alpha value is -1.08. The van der Waals surface area contributed by atoms with Gasteiger partial charge in [0.05, 0.1) is 0 Å². The molecule has 2 rings (SSSR count). The maximum Gasteiger partial charge on any atom is 0.104 e. The minimum atomic E-state index is 0.144. The Morgan fingerprint density at radius 1 is 1.19 bits per heavy atom. The van der Waals surface area contributed by atoms with Gasteiger partial charge in [-0.2, -0.15) is 0 Å². The van der Waals surface area contributed by atoms with Crippen LogP contribution in [0.5, 0.6) is 0 Å². The van der Waals surface area contributed by atoms with E-state index in [2.05, 4.69) is 52.0 Å². The minimum Gasteiger partial charge on any atom is -0.372 e. The van der Waals surface area contributed by atoms with E-state index in [1.807, 2.05) is 0 Å². The van der Waals surface area contributed by atoms with Gasteiger partial charge in [0.15, 0.2) is 0 Å². The van der Waals surface area contributed by atoms with Gasteiger partial charge in [-0.05, 0) is 34.6 Å². The summed E-state index contributed by atoms with van der Waals surface area (Å²) in [5.74, 6) is 0. The summed E-state index contributed by atoms with van der Waals surface area (Å²) in [6.45, 7) is 8.90. The van der Waals surface area contributed by atoms with Crippen LogP contribution in [-0.2, 0) is 10.2 Å². The van der Waals surface area contributed by atoms with Crippen LogP contribution >= 0.6 is 0 Å². The van der Waals surface area contributed by atoms with Gasteiger partial charge in [0.25, 0.3) is 0 Å². The zero-order valence-corrected chi connectivity index (χ0v) is 10.8. The molecule has 0 aromatic heterocycles. The lowest BCUT2D eigenvalue weighted by Crippen LogP contribution is -2.16. The zero-order valence-electron chi connectivity index (χ0n) is 10.8. The van der Waals surface area contributed by atoms with E-state index >= 15 is 0 Å². The van der Waals surface area contributed by atoms with Gasteiger partial charge >= 0.3 is 0 Å². The average Bonchev–Trinajstić information content (AvgIpc) is 2.51. The Morgan fingerprint density at radius 3 is 2.44 bits per heavy atom. The first-order valence-corrected chi connectivity index (χ1v) is 5.79. The third kappa shape index (κ3) is 1.69. The number of benzene rings is 1. The van der Waals surface area contributed by atoms with Crippen LogP contribution in [0.4, 0.5) is 0 Å². The van der Waals surface area contributed by atoms with Crippen molar-refractivity contribution in [1.29, 1.82) is 0 Å². The van der Waals surface area contributed by atoms with Crippen LogP contribution in [-0.4, -0.2) is 7.11 Å². The van der Waals surface area contributed by atoms with Crippen LogP contribution in [0, 0.1) is 0 Å². The molecule has 0 saturated carbocycles. The van der Waals surface area contributed by atoms with Crippen molar-refractivity contribution in [1.82, 2.24) is 0 Å². The van der Waals surface area contributed by atoms with E-state index < -0.39 is 0 Å². The third-order valence-electron chi connectivity index (χ3n) is 3.24. The number of rotatable bonds is 1. The van der Waals surface area contributed by atoms with Gasteiger partial charge < -0.3 is 4.74 Å². The van der Waals surface area contributed by atoms with Gasteiger partial charge in [-0.25, -0.2) is 0 Å². The van der Waals surface area contributed by atoms with Crippen LogP contribution in [0.25, 0.3) is 6.08 Å². The lowest BCUT2D eigenvalue weighted by atomic mass is 9.81. The van der Waals surface area contributed by atoms with E-state index in [4.69, 9.17) is 4.74 Å². The molecule has 0 radical (unpaired) electrons. The summed E-state index contributed by atoms with van der Waals surface area (Å²) in [6, 6.07) is 6.53. The fraction of sp³-hybridized carbons (Fsp3) is 0.467. The van der Waals surface area contributed by atoms with Crippen molar-refractivity contribution in [2.75, 3.05) is 7.11 Å². The summed E-state index contributed by atoms with van der Waals surface area (Å²) in [4.78, 5) is 0.